The maximum Gasteiger partial charge on any atom is 0.226 e. The second-order valence-corrected chi connectivity index (χ2v) is 11.4. The first-order chi connectivity index (χ1) is 16.4. The third-order valence-corrected chi connectivity index (χ3v) is 9.23. The van der Waals surface area contributed by atoms with E-state index in [-0.39, 0.29) is 23.2 Å². The fourth-order valence-electron chi connectivity index (χ4n) is 7.08. The summed E-state index contributed by atoms with van der Waals surface area (Å²) in [6.07, 6.45) is 7.36. The minimum absolute atomic E-state index is 0.0730. The summed E-state index contributed by atoms with van der Waals surface area (Å²) in [4.78, 5) is 18.0. The highest BCUT2D eigenvalue weighted by Crippen LogP contribution is 2.63. The van der Waals surface area contributed by atoms with Crippen LogP contribution in [0, 0.1) is 30.1 Å². The number of allylic oxidation sites excluding steroid dienone is 1. The van der Waals surface area contributed by atoms with Gasteiger partial charge in [0.2, 0.25) is 5.91 Å². The lowest BCUT2D eigenvalue weighted by molar-refractivity contribution is -0.116. The SMILES string of the molecule is Cc1cnc(NC(=O)CC[C@@H]2C(=C\O)/C(=N\O)[C@@]3(C)CCC4c5ccc(O)cc5CCC4C23)s1. The second-order valence-electron chi connectivity index (χ2n) is 10.2. The topological polar surface area (TPSA) is 115 Å². The lowest BCUT2D eigenvalue weighted by Gasteiger charge is -2.50. The van der Waals surface area contributed by atoms with E-state index in [1.165, 1.54) is 22.5 Å². The number of carbonyl (C=O) groups is 1. The summed E-state index contributed by atoms with van der Waals surface area (Å²) in [6, 6.07) is 5.71. The van der Waals surface area contributed by atoms with Gasteiger partial charge in [0.15, 0.2) is 5.13 Å². The lowest BCUT2D eigenvalue weighted by atomic mass is 9.54. The first kappa shape index (κ1) is 22.9. The number of anilines is 1. The maximum atomic E-state index is 12.7. The van der Waals surface area contributed by atoms with Crippen LogP contribution in [0.5, 0.6) is 5.75 Å². The number of hydrogen-bond acceptors (Lipinski definition) is 7. The largest absolute Gasteiger partial charge is 0.515 e. The summed E-state index contributed by atoms with van der Waals surface area (Å²) in [5.41, 5.74) is 3.38. The van der Waals surface area contributed by atoms with Gasteiger partial charge in [0.25, 0.3) is 0 Å². The molecule has 3 aliphatic carbocycles. The van der Waals surface area contributed by atoms with E-state index in [2.05, 4.69) is 28.4 Å². The van der Waals surface area contributed by atoms with Crippen molar-refractivity contribution in [3.8, 4) is 5.75 Å². The lowest BCUT2D eigenvalue weighted by Crippen LogP contribution is -2.44. The van der Waals surface area contributed by atoms with Crippen molar-refractivity contribution >= 4 is 28.1 Å². The number of phenols is 1. The number of aliphatic hydroxyl groups is 1. The zero-order valence-electron chi connectivity index (χ0n) is 19.5. The summed E-state index contributed by atoms with van der Waals surface area (Å²) in [5, 5.41) is 37.3. The average Bonchev–Trinajstić information content (AvgIpc) is 3.33. The third-order valence-electron chi connectivity index (χ3n) is 8.40. The fraction of sp³-hybridized carbons (Fsp3) is 0.500. The van der Waals surface area contributed by atoms with E-state index < -0.39 is 0 Å². The number of amides is 1. The Morgan fingerprint density at radius 3 is 2.91 bits per heavy atom. The molecule has 0 aliphatic heterocycles. The number of thiazole rings is 1. The molecule has 2 fully saturated rings. The van der Waals surface area contributed by atoms with Crippen LogP contribution >= 0.6 is 11.3 Å². The van der Waals surface area contributed by atoms with Crippen molar-refractivity contribution in [2.45, 2.75) is 58.3 Å². The Labute approximate surface area is 203 Å². The van der Waals surface area contributed by atoms with Gasteiger partial charge in [0.1, 0.15) is 5.75 Å². The van der Waals surface area contributed by atoms with Crippen LogP contribution in [0.25, 0.3) is 0 Å². The molecular formula is C26H31N3O4S. The van der Waals surface area contributed by atoms with Gasteiger partial charge in [-0.15, -0.1) is 11.3 Å². The number of aromatic hydroxyl groups is 1. The Morgan fingerprint density at radius 1 is 1.38 bits per heavy atom. The van der Waals surface area contributed by atoms with Crippen LogP contribution in [-0.4, -0.2) is 32.0 Å². The minimum Gasteiger partial charge on any atom is -0.515 e. The van der Waals surface area contributed by atoms with Gasteiger partial charge in [-0.1, -0.05) is 18.1 Å². The van der Waals surface area contributed by atoms with Gasteiger partial charge in [-0.25, -0.2) is 4.98 Å². The fourth-order valence-corrected chi connectivity index (χ4v) is 7.76. The number of nitrogens with zero attached hydrogens (tertiary/aromatic N) is 2. The van der Waals surface area contributed by atoms with Gasteiger partial charge in [0, 0.05) is 28.5 Å². The average molecular weight is 482 g/mol. The molecule has 0 radical (unpaired) electrons. The molecule has 3 unspecified atom stereocenters. The number of aromatic nitrogens is 1. The zero-order valence-corrected chi connectivity index (χ0v) is 20.3. The molecule has 8 heteroatoms. The Bertz CT molecular complexity index is 1170. The number of aryl methyl sites for hydroxylation is 2. The van der Waals surface area contributed by atoms with Crippen LogP contribution in [-0.2, 0) is 11.2 Å². The van der Waals surface area contributed by atoms with Crippen molar-refractivity contribution in [3.63, 3.8) is 0 Å². The Hall–Kier alpha value is -2.87. The summed E-state index contributed by atoms with van der Waals surface area (Å²) < 4.78 is 0. The minimum atomic E-state index is -0.355. The number of oxime groups is 1. The monoisotopic (exact) mass is 481 g/mol. The van der Waals surface area contributed by atoms with Crippen LogP contribution < -0.4 is 5.32 Å². The molecule has 1 aromatic carbocycles. The van der Waals surface area contributed by atoms with Crippen LogP contribution in [0.15, 0.2) is 41.4 Å². The number of nitrogens with one attached hydrogen (secondary N) is 1. The van der Waals surface area contributed by atoms with Crippen LogP contribution in [0.4, 0.5) is 5.13 Å². The molecular weight excluding hydrogens is 450 g/mol. The van der Waals surface area contributed by atoms with Crippen molar-refractivity contribution in [3.05, 3.63) is 52.2 Å². The normalized spacial score (nSPS) is 32.3. The third kappa shape index (κ3) is 3.68. The molecule has 0 bridgehead atoms. The molecule has 0 saturated heterocycles. The van der Waals surface area contributed by atoms with E-state index in [0.29, 0.717) is 46.8 Å². The molecule has 34 heavy (non-hydrogen) atoms. The predicted molar refractivity (Wildman–Crippen MR) is 132 cm³/mol. The predicted octanol–water partition coefficient (Wildman–Crippen LogP) is 5.54. The van der Waals surface area contributed by atoms with Gasteiger partial charge in [0.05, 0.1) is 12.0 Å². The molecule has 5 atom stereocenters. The molecule has 180 valence electrons. The van der Waals surface area contributed by atoms with Crippen LogP contribution in [0.3, 0.4) is 0 Å². The second kappa shape index (κ2) is 8.73. The molecule has 7 nitrogen and oxygen atoms in total. The van der Waals surface area contributed by atoms with Crippen molar-refractivity contribution in [1.29, 1.82) is 0 Å². The van der Waals surface area contributed by atoms with Crippen molar-refractivity contribution in [2.75, 3.05) is 5.32 Å². The van der Waals surface area contributed by atoms with Crippen LogP contribution in [0.1, 0.15) is 60.9 Å². The molecule has 4 N–H and O–H groups in total. The van der Waals surface area contributed by atoms with Gasteiger partial charge < -0.3 is 20.7 Å². The number of fused-ring (bicyclic) bond motifs is 5. The van der Waals surface area contributed by atoms with Gasteiger partial charge >= 0.3 is 0 Å². The molecule has 0 spiro atoms. The molecule has 3 aliphatic rings. The van der Waals surface area contributed by atoms with Crippen molar-refractivity contribution in [2.24, 2.45) is 28.3 Å². The highest BCUT2D eigenvalue weighted by atomic mass is 32.1. The Morgan fingerprint density at radius 2 is 2.21 bits per heavy atom. The number of phenolic OH excluding ortho intramolecular Hbond substituents is 1. The smallest absolute Gasteiger partial charge is 0.226 e. The highest BCUT2D eigenvalue weighted by Gasteiger charge is 2.59. The van der Waals surface area contributed by atoms with Crippen molar-refractivity contribution in [1.82, 2.24) is 4.98 Å². The number of rotatable bonds is 4. The summed E-state index contributed by atoms with van der Waals surface area (Å²) in [5.74, 6) is 0.996. The molecule has 2 saturated carbocycles. The first-order valence-electron chi connectivity index (χ1n) is 12.0. The van der Waals surface area contributed by atoms with Gasteiger partial charge in [-0.3, -0.25) is 4.79 Å². The zero-order chi connectivity index (χ0) is 24.0. The molecule has 2 aromatic rings. The Kier molecular flexibility index (Phi) is 5.88. The summed E-state index contributed by atoms with van der Waals surface area (Å²) in [6.45, 7) is 4.10. The summed E-state index contributed by atoms with van der Waals surface area (Å²) in [7, 11) is 0. The van der Waals surface area contributed by atoms with E-state index in [0.717, 1.165) is 36.8 Å². The van der Waals surface area contributed by atoms with Crippen molar-refractivity contribution < 1.29 is 20.2 Å². The number of hydrogen-bond donors (Lipinski definition) is 4. The number of benzene rings is 1. The van der Waals surface area contributed by atoms with Gasteiger partial charge in [-0.05, 0) is 86.0 Å². The standard InChI is InChI=1S/C26H31N3O4S/c1-14-12-27-25(34-14)28-22(32)8-7-20-21(13-30)24(29-33)26(2)10-9-18-17-6-4-16(31)11-15(17)3-5-19(18)23(20)26/h4,6,11-13,18-20,23,30-31,33H,3,5,7-10H2,1-2H3,(H,27,28,32)/b21-13+,29-24+/t18?,19?,20-,23?,26+/m1/s1. The maximum absolute atomic E-state index is 12.7. The molecule has 1 aromatic heterocycles. The number of carbonyl (C=O) groups excluding carboxylic acids is 1. The number of aliphatic hydroxyl groups excluding tert-OH is 1. The van der Waals surface area contributed by atoms with Crippen LogP contribution in [0.2, 0.25) is 0 Å². The molecule has 5 rings (SSSR count). The molecule has 1 heterocycles. The first-order valence-corrected chi connectivity index (χ1v) is 12.8. The van der Waals surface area contributed by atoms with E-state index in [1.54, 1.807) is 12.3 Å². The van der Waals surface area contributed by atoms with E-state index in [4.69, 9.17) is 0 Å². The van der Waals surface area contributed by atoms with E-state index in [1.807, 2.05) is 13.0 Å². The quantitative estimate of drug-likeness (QED) is 0.260. The molecule has 1 amide bonds. The summed E-state index contributed by atoms with van der Waals surface area (Å²) >= 11 is 1.45. The highest BCUT2D eigenvalue weighted by molar-refractivity contribution is 7.15. The van der Waals surface area contributed by atoms with Gasteiger partial charge in [-0.2, -0.15) is 0 Å². The van der Waals surface area contributed by atoms with E-state index >= 15 is 0 Å². The Balaban J connectivity index is 1.43. The van der Waals surface area contributed by atoms with E-state index in [9.17, 15) is 20.2 Å².